The first-order chi connectivity index (χ1) is 8.54. The molecule has 0 aliphatic heterocycles. The van der Waals surface area contributed by atoms with Gasteiger partial charge in [-0.25, -0.2) is 5.84 Å². The second kappa shape index (κ2) is 6.75. The molecular weight excluding hydrogens is 236 g/mol. The van der Waals surface area contributed by atoms with Crippen molar-refractivity contribution in [2.24, 2.45) is 11.8 Å². The van der Waals surface area contributed by atoms with E-state index in [-0.39, 0.29) is 11.6 Å². The Kier molecular flexibility index (Phi) is 5.31. The van der Waals surface area contributed by atoms with E-state index in [2.05, 4.69) is 24.3 Å². The lowest BCUT2D eigenvalue weighted by atomic mass is 10.1. The molecule has 3 N–H and O–H groups in total. The minimum Gasteiger partial charge on any atom is -0.473 e. The second-order valence-corrected chi connectivity index (χ2v) is 4.31. The molecule has 7 nitrogen and oxygen atoms in total. The maximum Gasteiger partial charge on any atom is 0.331 e. The summed E-state index contributed by atoms with van der Waals surface area (Å²) in [5, 5.41) is 10.8. The average molecular weight is 254 g/mol. The number of hydrogen-bond donors (Lipinski definition) is 2. The van der Waals surface area contributed by atoms with Crippen molar-refractivity contribution in [3.05, 3.63) is 22.2 Å². The molecule has 1 aromatic heterocycles. The molecule has 0 amide bonds. The van der Waals surface area contributed by atoms with Gasteiger partial charge < -0.3 is 10.2 Å². The largest absolute Gasteiger partial charge is 0.473 e. The van der Waals surface area contributed by atoms with E-state index in [0.717, 1.165) is 12.8 Å². The SMILES string of the molecule is CC(C)CCCOc1nc(NN)ccc1[N+](=O)[O-]. The number of hydrogen-bond acceptors (Lipinski definition) is 6. The van der Waals surface area contributed by atoms with Crippen LogP contribution < -0.4 is 16.0 Å². The van der Waals surface area contributed by atoms with Crippen molar-refractivity contribution in [3.8, 4) is 5.88 Å². The molecule has 7 heteroatoms. The van der Waals surface area contributed by atoms with Gasteiger partial charge in [0.1, 0.15) is 5.82 Å². The lowest BCUT2D eigenvalue weighted by Gasteiger charge is -2.08. The van der Waals surface area contributed by atoms with Crippen LogP contribution in [-0.2, 0) is 0 Å². The highest BCUT2D eigenvalue weighted by Gasteiger charge is 2.17. The quantitative estimate of drug-likeness (QED) is 0.334. The molecule has 0 saturated heterocycles. The molecule has 0 aliphatic carbocycles. The molecule has 0 aliphatic rings. The summed E-state index contributed by atoms with van der Waals surface area (Å²) in [4.78, 5) is 14.2. The van der Waals surface area contributed by atoms with Crippen LogP contribution in [0.15, 0.2) is 12.1 Å². The number of ether oxygens (including phenoxy) is 1. The number of anilines is 1. The zero-order valence-corrected chi connectivity index (χ0v) is 10.5. The van der Waals surface area contributed by atoms with E-state index in [1.807, 2.05) is 0 Å². The van der Waals surface area contributed by atoms with Crippen LogP contribution >= 0.6 is 0 Å². The topological polar surface area (TPSA) is 103 Å². The minimum absolute atomic E-state index is 0.000735. The van der Waals surface area contributed by atoms with Crippen molar-refractivity contribution in [1.29, 1.82) is 0 Å². The zero-order valence-electron chi connectivity index (χ0n) is 10.5. The van der Waals surface area contributed by atoms with Gasteiger partial charge in [0, 0.05) is 6.07 Å². The van der Waals surface area contributed by atoms with Crippen molar-refractivity contribution in [1.82, 2.24) is 4.98 Å². The lowest BCUT2D eigenvalue weighted by molar-refractivity contribution is -0.386. The molecular formula is C11H18N4O3. The van der Waals surface area contributed by atoms with E-state index in [4.69, 9.17) is 10.6 Å². The Bertz CT molecular complexity index is 409. The molecule has 0 spiro atoms. The smallest absolute Gasteiger partial charge is 0.331 e. The number of hydrazine groups is 1. The molecule has 1 aromatic rings. The summed E-state index contributed by atoms with van der Waals surface area (Å²) < 4.78 is 5.34. The normalized spacial score (nSPS) is 10.4. The number of nitrogens with two attached hydrogens (primary N) is 1. The summed E-state index contributed by atoms with van der Waals surface area (Å²) >= 11 is 0. The Labute approximate surface area is 105 Å². The van der Waals surface area contributed by atoms with Crippen LogP contribution in [0.3, 0.4) is 0 Å². The lowest BCUT2D eigenvalue weighted by Crippen LogP contribution is -2.10. The molecule has 0 unspecified atom stereocenters. The Morgan fingerprint density at radius 1 is 1.56 bits per heavy atom. The number of pyridine rings is 1. The van der Waals surface area contributed by atoms with E-state index in [1.165, 1.54) is 12.1 Å². The van der Waals surface area contributed by atoms with Crippen molar-refractivity contribution >= 4 is 11.5 Å². The highest BCUT2D eigenvalue weighted by Crippen LogP contribution is 2.26. The molecule has 0 saturated carbocycles. The van der Waals surface area contributed by atoms with Crippen LogP contribution in [0.25, 0.3) is 0 Å². The van der Waals surface area contributed by atoms with E-state index in [1.54, 1.807) is 0 Å². The van der Waals surface area contributed by atoms with Gasteiger partial charge in [-0.1, -0.05) is 13.8 Å². The summed E-state index contributed by atoms with van der Waals surface area (Å²) in [5.41, 5.74) is 2.17. The van der Waals surface area contributed by atoms with Crippen LogP contribution in [0.4, 0.5) is 11.5 Å². The van der Waals surface area contributed by atoms with E-state index in [0.29, 0.717) is 18.3 Å². The maximum atomic E-state index is 10.8. The van der Waals surface area contributed by atoms with Crippen LogP contribution in [-0.4, -0.2) is 16.5 Å². The van der Waals surface area contributed by atoms with Crippen molar-refractivity contribution in [2.45, 2.75) is 26.7 Å². The zero-order chi connectivity index (χ0) is 13.5. The predicted molar refractivity (Wildman–Crippen MR) is 68.3 cm³/mol. The van der Waals surface area contributed by atoms with Gasteiger partial charge in [0.15, 0.2) is 0 Å². The Morgan fingerprint density at radius 2 is 2.28 bits per heavy atom. The fourth-order valence-corrected chi connectivity index (χ4v) is 1.42. The summed E-state index contributed by atoms with van der Waals surface area (Å²) in [6.07, 6.45) is 1.83. The van der Waals surface area contributed by atoms with Gasteiger partial charge in [0.05, 0.1) is 11.5 Å². The molecule has 18 heavy (non-hydrogen) atoms. The molecule has 0 aromatic carbocycles. The van der Waals surface area contributed by atoms with Gasteiger partial charge in [-0.2, -0.15) is 4.98 Å². The average Bonchev–Trinajstić information content (AvgIpc) is 2.33. The molecule has 1 heterocycles. The van der Waals surface area contributed by atoms with Crippen molar-refractivity contribution in [2.75, 3.05) is 12.0 Å². The maximum absolute atomic E-state index is 10.8. The third-order valence-electron chi connectivity index (χ3n) is 2.35. The Hall–Kier alpha value is -1.89. The van der Waals surface area contributed by atoms with Crippen LogP contribution in [0.2, 0.25) is 0 Å². The van der Waals surface area contributed by atoms with E-state index < -0.39 is 4.92 Å². The number of nitro groups is 1. The molecule has 1 rings (SSSR count). The van der Waals surface area contributed by atoms with Gasteiger partial charge in [0.25, 0.3) is 5.88 Å². The number of nitrogens with one attached hydrogen (secondary N) is 1. The summed E-state index contributed by atoms with van der Waals surface area (Å²) in [7, 11) is 0. The highest BCUT2D eigenvalue weighted by molar-refractivity contribution is 5.48. The van der Waals surface area contributed by atoms with E-state index in [9.17, 15) is 10.1 Å². The minimum atomic E-state index is -0.523. The second-order valence-electron chi connectivity index (χ2n) is 4.31. The van der Waals surface area contributed by atoms with Crippen LogP contribution in [0.5, 0.6) is 5.88 Å². The predicted octanol–water partition coefficient (Wildman–Crippen LogP) is 2.09. The fraction of sp³-hybridized carbons (Fsp3) is 0.545. The number of rotatable bonds is 7. The highest BCUT2D eigenvalue weighted by atomic mass is 16.6. The Morgan fingerprint density at radius 3 is 2.83 bits per heavy atom. The van der Waals surface area contributed by atoms with Gasteiger partial charge >= 0.3 is 5.69 Å². The third-order valence-corrected chi connectivity index (χ3v) is 2.35. The Balaban J connectivity index is 2.69. The molecule has 0 fully saturated rings. The van der Waals surface area contributed by atoms with Gasteiger partial charge in [-0.15, -0.1) is 0 Å². The van der Waals surface area contributed by atoms with Crippen molar-refractivity contribution in [3.63, 3.8) is 0 Å². The first kappa shape index (κ1) is 14.2. The number of nitrogens with zero attached hydrogens (tertiary/aromatic N) is 2. The van der Waals surface area contributed by atoms with Crippen molar-refractivity contribution < 1.29 is 9.66 Å². The van der Waals surface area contributed by atoms with Gasteiger partial charge in [-0.3, -0.25) is 10.1 Å². The number of nitrogen functional groups attached to an aromatic ring is 1. The summed E-state index contributed by atoms with van der Waals surface area (Å²) in [6, 6.07) is 2.75. The first-order valence-corrected chi connectivity index (χ1v) is 5.79. The van der Waals surface area contributed by atoms with Crippen LogP contribution in [0.1, 0.15) is 26.7 Å². The van der Waals surface area contributed by atoms with Gasteiger partial charge in [-0.05, 0) is 24.8 Å². The molecule has 0 radical (unpaired) electrons. The standard InChI is InChI=1S/C11H18N4O3/c1-8(2)4-3-7-18-11-9(15(16)17)5-6-10(13-11)14-12/h5-6,8H,3-4,7,12H2,1-2H3,(H,13,14). The molecule has 0 bridgehead atoms. The van der Waals surface area contributed by atoms with Crippen LogP contribution in [0, 0.1) is 16.0 Å². The molecule has 0 atom stereocenters. The van der Waals surface area contributed by atoms with Gasteiger partial charge in [0.2, 0.25) is 0 Å². The third kappa shape index (κ3) is 4.17. The first-order valence-electron chi connectivity index (χ1n) is 5.79. The summed E-state index contributed by atoms with van der Waals surface area (Å²) in [6.45, 7) is 4.62. The molecule has 100 valence electrons. The van der Waals surface area contributed by atoms with E-state index >= 15 is 0 Å². The summed E-state index contributed by atoms with van der Waals surface area (Å²) in [5.74, 6) is 6.11. The number of aromatic nitrogens is 1. The monoisotopic (exact) mass is 254 g/mol. The fourth-order valence-electron chi connectivity index (χ4n) is 1.42.